The van der Waals surface area contributed by atoms with Crippen molar-refractivity contribution in [3.63, 3.8) is 0 Å². The van der Waals surface area contributed by atoms with E-state index in [1.807, 2.05) is 0 Å². The molecule has 1 aromatic heterocycles. The van der Waals surface area contributed by atoms with Gasteiger partial charge in [-0.05, 0) is 42.5 Å². The molecule has 118 valence electrons. The van der Waals surface area contributed by atoms with Crippen LogP contribution in [0.3, 0.4) is 0 Å². The van der Waals surface area contributed by atoms with Gasteiger partial charge in [-0.25, -0.2) is 4.98 Å². The van der Waals surface area contributed by atoms with Gasteiger partial charge in [0.15, 0.2) is 0 Å². The van der Waals surface area contributed by atoms with E-state index in [9.17, 15) is 0 Å². The molecular formula is C17H11Cl2N5. The van der Waals surface area contributed by atoms with Crippen LogP contribution in [0.4, 0.5) is 17.5 Å². The minimum Gasteiger partial charge on any atom is -0.368 e. The zero-order valence-corrected chi connectivity index (χ0v) is 13.8. The van der Waals surface area contributed by atoms with Gasteiger partial charge in [-0.2, -0.15) is 10.2 Å². The summed E-state index contributed by atoms with van der Waals surface area (Å²) in [6.07, 6.45) is 0. The van der Waals surface area contributed by atoms with E-state index in [4.69, 9.17) is 34.2 Å². The second-order valence-electron chi connectivity index (χ2n) is 4.93. The fraction of sp³-hybridized carbons (Fsp3) is 0. The van der Waals surface area contributed by atoms with Gasteiger partial charge in [0.2, 0.25) is 5.95 Å². The van der Waals surface area contributed by atoms with E-state index in [0.29, 0.717) is 32.7 Å². The largest absolute Gasteiger partial charge is 0.368 e. The molecule has 0 radical (unpaired) electrons. The Bertz CT molecular complexity index is 933. The first kappa shape index (κ1) is 16.1. The highest BCUT2D eigenvalue weighted by Gasteiger charge is 2.10. The van der Waals surface area contributed by atoms with Crippen LogP contribution in [0, 0.1) is 11.3 Å². The minimum atomic E-state index is 0.111. The number of rotatable bonds is 3. The molecule has 0 fully saturated rings. The van der Waals surface area contributed by atoms with Crippen LogP contribution in [0.25, 0.3) is 11.3 Å². The van der Waals surface area contributed by atoms with Crippen LogP contribution in [-0.2, 0) is 0 Å². The van der Waals surface area contributed by atoms with Gasteiger partial charge in [0, 0.05) is 22.3 Å². The van der Waals surface area contributed by atoms with Crippen molar-refractivity contribution in [3.05, 3.63) is 64.1 Å². The maximum absolute atomic E-state index is 8.83. The third kappa shape index (κ3) is 3.57. The predicted molar refractivity (Wildman–Crippen MR) is 96.3 cm³/mol. The summed E-state index contributed by atoms with van der Waals surface area (Å²) in [7, 11) is 0. The highest BCUT2D eigenvalue weighted by molar-refractivity contribution is 6.35. The van der Waals surface area contributed by atoms with Crippen LogP contribution >= 0.6 is 23.2 Å². The number of nitrogens with two attached hydrogens (primary N) is 1. The van der Waals surface area contributed by atoms with Gasteiger partial charge < -0.3 is 11.1 Å². The van der Waals surface area contributed by atoms with E-state index < -0.39 is 0 Å². The smallest absolute Gasteiger partial charge is 0.222 e. The summed E-state index contributed by atoms with van der Waals surface area (Å²) in [4.78, 5) is 8.38. The summed E-state index contributed by atoms with van der Waals surface area (Å²) in [5, 5.41) is 13.0. The van der Waals surface area contributed by atoms with Crippen LogP contribution in [-0.4, -0.2) is 9.97 Å². The fourth-order valence-electron chi connectivity index (χ4n) is 2.14. The molecule has 24 heavy (non-hydrogen) atoms. The van der Waals surface area contributed by atoms with Crippen LogP contribution in [0.2, 0.25) is 10.0 Å². The van der Waals surface area contributed by atoms with Crippen molar-refractivity contribution >= 4 is 40.7 Å². The zero-order chi connectivity index (χ0) is 17.1. The molecule has 2 aromatic carbocycles. The minimum absolute atomic E-state index is 0.111. The topological polar surface area (TPSA) is 87.6 Å². The number of nitrogen functional groups attached to an aromatic ring is 1. The lowest BCUT2D eigenvalue weighted by atomic mass is 10.1. The number of nitrogens with zero attached hydrogens (tertiary/aromatic N) is 3. The number of hydrogen-bond acceptors (Lipinski definition) is 5. The predicted octanol–water partition coefficient (Wildman–Crippen LogP) is 4.65. The molecule has 0 bridgehead atoms. The molecule has 3 aromatic rings. The summed E-state index contributed by atoms with van der Waals surface area (Å²) in [5.41, 5.74) is 8.38. The highest BCUT2D eigenvalue weighted by Crippen LogP contribution is 2.31. The lowest BCUT2D eigenvalue weighted by Gasteiger charge is -2.10. The van der Waals surface area contributed by atoms with E-state index in [2.05, 4.69) is 21.4 Å². The molecular weight excluding hydrogens is 345 g/mol. The maximum atomic E-state index is 8.83. The van der Waals surface area contributed by atoms with E-state index in [1.54, 1.807) is 48.5 Å². The Morgan fingerprint density at radius 3 is 2.46 bits per heavy atom. The van der Waals surface area contributed by atoms with Crippen LogP contribution in [0.1, 0.15) is 5.56 Å². The van der Waals surface area contributed by atoms with Gasteiger partial charge in [0.25, 0.3) is 0 Å². The van der Waals surface area contributed by atoms with Gasteiger partial charge >= 0.3 is 0 Å². The summed E-state index contributed by atoms with van der Waals surface area (Å²) in [5.74, 6) is 0.623. The maximum Gasteiger partial charge on any atom is 0.222 e. The van der Waals surface area contributed by atoms with E-state index in [1.165, 1.54) is 0 Å². The number of anilines is 3. The first-order valence-corrected chi connectivity index (χ1v) is 7.68. The fourth-order valence-corrected chi connectivity index (χ4v) is 2.52. The molecule has 0 aliphatic rings. The average molecular weight is 356 g/mol. The van der Waals surface area contributed by atoms with Crippen molar-refractivity contribution in [2.24, 2.45) is 0 Å². The molecule has 0 aliphatic heterocycles. The molecule has 0 atom stereocenters. The van der Waals surface area contributed by atoms with Crippen LogP contribution < -0.4 is 11.1 Å². The summed E-state index contributed by atoms with van der Waals surface area (Å²) < 4.78 is 0. The number of nitrogens with one attached hydrogen (secondary N) is 1. The zero-order valence-electron chi connectivity index (χ0n) is 12.3. The van der Waals surface area contributed by atoms with Crippen molar-refractivity contribution in [2.45, 2.75) is 0 Å². The van der Waals surface area contributed by atoms with Gasteiger partial charge in [0.1, 0.15) is 5.82 Å². The van der Waals surface area contributed by atoms with Gasteiger partial charge in [-0.15, -0.1) is 0 Å². The van der Waals surface area contributed by atoms with Crippen LogP contribution in [0.15, 0.2) is 48.5 Å². The Morgan fingerprint density at radius 2 is 1.75 bits per heavy atom. The van der Waals surface area contributed by atoms with Crippen LogP contribution in [0.5, 0.6) is 0 Å². The Morgan fingerprint density at radius 1 is 1.00 bits per heavy atom. The van der Waals surface area contributed by atoms with Crippen molar-refractivity contribution in [3.8, 4) is 17.3 Å². The Balaban J connectivity index is 1.96. The number of hydrogen-bond donors (Lipinski definition) is 2. The average Bonchev–Trinajstić information content (AvgIpc) is 2.57. The summed E-state index contributed by atoms with van der Waals surface area (Å²) >= 11 is 12.2. The standard InChI is InChI=1S/C17H11Cl2N5/c18-11-3-6-14(19)13(7-11)15-8-16(24-17(21)23-15)22-12-4-1-10(9-20)2-5-12/h1-8H,(H3,21,22,23,24). The molecule has 7 heteroatoms. The quantitative estimate of drug-likeness (QED) is 0.713. The van der Waals surface area contributed by atoms with Gasteiger partial charge in [-0.3, -0.25) is 0 Å². The number of nitriles is 1. The van der Waals surface area contributed by atoms with Crippen molar-refractivity contribution < 1.29 is 0 Å². The molecule has 0 saturated carbocycles. The molecule has 3 rings (SSSR count). The second-order valence-corrected chi connectivity index (χ2v) is 5.78. The Hall–Kier alpha value is -2.81. The summed E-state index contributed by atoms with van der Waals surface area (Å²) in [6, 6.07) is 15.9. The van der Waals surface area contributed by atoms with Gasteiger partial charge in [0.05, 0.1) is 22.3 Å². The molecule has 0 spiro atoms. The summed E-state index contributed by atoms with van der Waals surface area (Å²) in [6.45, 7) is 0. The molecule has 0 unspecified atom stereocenters. The Labute approximate surface area is 148 Å². The molecule has 0 saturated heterocycles. The molecule has 3 N–H and O–H groups in total. The lowest BCUT2D eigenvalue weighted by molar-refractivity contribution is 1.19. The van der Waals surface area contributed by atoms with Crippen molar-refractivity contribution in [1.29, 1.82) is 5.26 Å². The number of aromatic nitrogens is 2. The van der Waals surface area contributed by atoms with Crippen molar-refractivity contribution in [2.75, 3.05) is 11.1 Å². The normalized spacial score (nSPS) is 10.2. The second kappa shape index (κ2) is 6.75. The lowest BCUT2D eigenvalue weighted by Crippen LogP contribution is -2.01. The number of benzene rings is 2. The molecule has 0 amide bonds. The SMILES string of the molecule is N#Cc1ccc(Nc2cc(-c3cc(Cl)ccc3Cl)nc(N)n2)cc1. The first-order valence-electron chi connectivity index (χ1n) is 6.92. The number of halogens is 2. The first-order chi connectivity index (χ1) is 11.5. The molecule has 1 heterocycles. The monoisotopic (exact) mass is 355 g/mol. The van der Waals surface area contributed by atoms with E-state index >= 15 is 0 Å². The molecule has 0 aliphatic carbocycles. The van der Waals surface area contributed by atoms with Crippen molar-refractivity contribution in [1.82, 2.24) is 9.97 Å². The molecule has 5 nitrogen and oxygen atoms in total. The third-order valence-corrected chi connectivity index (χ3v) is 3.80. The van der Waals surface area contributed by atoms with E-state index in [-0.39, 0.29) is 5.95 Å². The third-order valence-electron chi connectivity index (χ3n) is 3.23. The Kier molecular flexibility index (Phi) is 4.52. The van der Waals surface area contributed by atoms with Gasteiger partial charge in [-0.1, -0.05) is 23.2 Å². The van der Waals surface area contributed by atoms with E-state index in [0.717, 1.165) is 5.69 Å². The highest BCUT2D eigenvalue weighted by atomic mass is 35.5.